The highest BCUT2D eigenvalue weighted by molar-refractivity contribution is 5.76. The summed E-state index contributed by atoms with van der Waals surface area (Å²) >= 11 is 0. The smallest absolute Gasteiger partial charge is 0.220 e. The Labute approximate surface area is 179 Å². The third kappa shape index (κ3) is 5.42. The van der Waals surface area contributed by atoms with Crippen molar-refractivity contribution in [1.82, 2.24) is 25.1 Å². The topological polar surface area (TPSA) is 84.2 Å². The molecule has 0 atom stereocenters. The summed E-state index contributed by atoms with van der Waals surface area (Å²) in [6.07, 6.45) is 0.719. The summed E-state index contributed by atoms with van der Waals surface area (Å²) in [5.41, 5.74) is 3.80. The third-order valence-corrected chi connectivity index (χ3v) is 4.90. The minimum absolute atomic E-state index is 0.0529. The molecule has 0 spiro atoms. The maximum absolute atomic E-state index is 13.0. The molecule has 0 unspecified atom stereocenters. The molecule has 0 aliphatic rings. The van der Waals surface area contributed by atoms with E-state index in [4.69, 9.17) is 0 Å². The number of carbonyl (C=O) groups excluding carboxylic acids is 1. The molecule has 2 aromatic heterocycles. The number of halogens is 1. The Morgan fingerprint density at radius 3 is 2.42 bits per heavy atom. The van der Waals surface area contributed by atoms with E-state index in [1.54, 1.807) is 16.6 Å². The lowest BCUT2D eigenvalue weighted by molar-refractivity contribution is -0.121. The minimum Gasteiger partial charge on any atom is -0.365 e. The van der Waals surface area contributed by atoms with Crippen LogP contribution in [0.15, 0.2) is 60.7 Å². The monoisotopic (exact) mass is 418 g/mol. The fraction of sp³-hybridized carbons (Fsp3) is 0.217. The number of fused-ring (bicyclic) bond motifs is 1. The number of hydrogen-bond acceptors (Lipinski definition) is 5. The van der Waals surface area contributed by atoms with Crippen molar-refractivity contribution in [3.8, 4) is 0 Å². The molecule has 0 fully saturated rings. The van der Waals surface area contributed by atoms with Crippen LogP contribution < -0.4 is 10.6 Å². The summed E-state index contributed by atoms with van der Waals surface area (Å²) in [6, 6.07) is 18.0. The second-order valence-electron chi connectivity index (χ2n) is 7.35. The highest BCUT2D eigenvalue weighted by Crippen LogP contribution is 2.11. The van der Waals surface area contributed by atoms with Gasteiger partial charge in [-0.05, 0) is 42.3 Å². The molecule has 0 radical (unpaired) electrons. The van der Waals surface area contributed by atoms with Gasteiger partial charge in [-0.25, -0.2) is 4.39 Å². The summed E-state index contributed by atoms with van der Waals surface area (Å²) in [5.74, 6) is 0.941. The van der Waals surface area contributed by atoms with Crippen LogP contribution in [0.3, 0.4) is 0 Å². The Kier molecular flexibility index (Phi) is 6.16. The first-order chi connectivity index (χ1) is 15.1. The van der Waals surface area contributed by atoms with Gasteiger partial charge in [-0.3, -0.25) is 4.79 Å². The summed E-state index contributed by atoms with van der Waals surface area (Å²) in [6.45, 7) is 3.04. The van der Waals surface area contributed by atoms with Gasteiger partial charge in [0.15, 0.2) is 11.5 Å². The number of rotatable bonds is 8. The number of anilines is 1. The predicted molar refractivity (Wildman–Crippen MR) is 116 cm³/mol. The lowest BCUT2D eigenvalue weighted by Gasteiger charge is -2.07. The Morgan fingerprint density at radius 2 is 1.65 bits per heavy atom. The van der Waals surface area contributed by atoms with E-state index in [0.29, 0.717) is 43.2 Å². The fourth-order valence-corrected chi connectivity index (χ4v) is 3.10. The van der Waals surface area contributed by atoms with Gasteiger partial charge in [-0.2, -0.15) is 4.52 Å². The summed E-state index contributed by atoms with van der Waals surface area (Å²) < 4.78 is 14.7. The number of nitrogens with one attached hydrogen (secondary N) is 2. The van der Waals surface area contributed by atoms with Crippen LogP contribution in [0, 0.1) is 12.7 Å². The zero-order valence-electron chi connectivity index (χ0n) is 17.2. The molecule has 1 amide bonds. The molecule has 7 nitrogen and oxygen atoms in total. The van der Waals surface area contributed by atoms with E-state index in [1.165, 1.54) is 17.7 Å². The number of hydrogen-bond donors (Lipinski definition) is 2. The average Bonchev–Trinajstić information content (AvgIpc) is 3.19. The molecule has 2 aromatic carbocycles. The van der Waals surface area contributed by atoms with Gasteiger partial charge in [-0.1, -0.05) is 42.0 Å². The van der Waals surface area contributed by atoms with Crippen molar-refractivity contribution in [3.63, 3.8) is 0 Å². The standard InChI is InChI=1S/C23H23FN6O/c1-16-2-4-17(5-3-16)15-26-23(31)13-12-22-28-27-21-11-10-20(29-30(21)22)25-14-18-6-8-19(24)9-7-18/h2-11H,12-15H2,1H3,(H,25,29)(H,26,31). The van der Waals surface area contributed by atoms with E-state index in [-0.39, 0.29) is 11.7 Å². The van der Waals surface area contributed by atoms with Gasteiger partial charge in [0, 0.05) is 25.9 Å². The average molecular weight is 418 g/mol. The molecule has 2 N–H and O–H groups in total. The fourth-order valence-electron chi connectivity index (χ4n) is 3.10. The molecule has 4 aromatic rings. The van der Waals surface area contributed by atoms with Gasteiger partial charge in [0.1, 0.15) is 11.6 Å². The molecule has 4 rings (SSSR count). The van der Waals surface area contributed by atoms with Crippen LogP contribution in [0.4, 0.5) is 10.2 Å². The second-order valence-corrected chi connectivity index (χ2v) is 7.35. The quantitative estimate of drug-likeness (QED) is 0.458. The van der Waals surface area contributed by atoms with Crippen LogP contribution in [0.2, 0.25) is 0 Å². The minimum atomic E-state index is -0.264. The van der Waals surface area contributed by atoms with Gasteiger partial charge in [-0.15, -0.1) is 15.3 Å². The SMILES string of the molecule is Cc1ccc(CNC(=O)CCc2nnc3ccc(NCc4ccc(F)cc4)nn23)cc1. The Morgan fingerprint density at radius 1 is 0.935 bits per heavy atom. The van der Waals surface area contributed by atoms with E-state index >= 15 is 0 Å². The van der Waals surface area contributed by atoms with Crippen molar-refractivity contribution in [1.29, 1.82) is 0 Å². The number of aryl methyl sites for hydroxylation is 2. The molecule has 31 heavy (non-hydrogen) atoms. The Bertz CT molecular complexity index is 1170. The molecule has 8 heteroatoms. The number of aromatic nitrogens is 4. The van der Waals surface area contributed by atoms with E-state index < -0.39 is 0 Å². The molecule has 0 aliphatic heterocycles. The van der Waals surface area contributed by atoms with E-state index in [0.717, 1.165) is 11.1 Å². The second kappa shape index (κ2) is 9.34. The van der Waals surface area contributed by atoms with E-state index in [1.807, 2.05) is 43.3 Å². The summed E-state index contributed by atoms with van der Waals surface area (Å²) in [7, 11) is 0. The van der Waals surface area contributed by atoms with Crippen LogP contribution in [0.5, 0.6) is 0 Å². The van der Waals surface area contributed by atoms with Gasteiger partial charge in [0.2, 0.25) is 5.91 Å². The third-order valence-electron chi connectivity index (χ3n) is 4.90. The van der Waals surface area contributed by atoms with E-state index in [2.05, 4.69) is 25.9 Å². The molecule has 158 valence electrons. The first kappa shape index (κ1) is 20.5. The van der Waals surface area contributed by atoms with Gasteiger partial charge < -0.3 is 10.6 Å². The maximum Gasteiger partial charge on any atom is 0.220 e. The maximum atomic E-state index is 13.0. The molecule has 0 aliphatic carbocycles. The van der Waals surface area contributed by atoms with Crippen molar-refractivity contribution in [2.24, 2.45) is 0 Å². The predicted octanol–water partition coefficient (Wildman–Crippen LogP) is 3.43. The highest BCUT2D eigenvalue weighted by atomic mass is 19.1. The zero-order valence-corrected chi connectivity index (χ0v) is 17.2. The molecular weight excluding hydrogens is 395 g/mol. The first-order valence-corrected chi connectivity index (χ1v) is 10.1. The largest absolute Gasteiger partial charge is 0.365 e. The van der Waals surface area contributed by atoms with Crippen LogP contribution in [-0.2, 0) is 24.3 Å². The lowest BCUT2D eigenvalue weighted by atomic mass is 10.1. The lowest BCUT2D eigenvalue weighted by Crippen LogP contribution is -2.23. The number of amides is 1. The first-order valence-electron chi connectivity index (χ1n) is 10.1. The Balaban J connectivity index is 1.34. The highest BCUT2D eigenvalue weighted by Gasteiger charge is 2.10. The van der Waals surface area contributed by atoms with E-state index in [9.17, 15) is 9.18 Å². The Hall–Kier alpha value is -3.81. The number of nitrogens with zero attached hydrogens (tertiary/aromatic N) is 4. The number of carbonyl (C=O) groups is 1. The molecule has 0 bridgehead atoms. The van der Waals surface area contributed by atoms with Crippen LogP contribution >= 0.6 is 0 Å². The zero-order chi connectivity index (χ0) is 21.6. The molecule has 2 heterocycles. The number of benzene rings is 2. The van der Waals surface area contributed by atoms with Gasteiger partial charge >= 0.3 is 0 Å². The molecule has 0 saturated carbocycles. The molecule has 0 saturated heterocycles. The van der Waals surface area contributed by atoms with Crippen molar-refractivity contribution in [3.05, 3.63) is 89.0 Å². The molecular formula is C23H23FN6O. The van der Waals surface area contributed by atoms with Crippen molar-refractivity contribution in [2.45, 2.75) is 32.9 Å². The normalized spacial score (nSPS) is 10.9. The van der Waals surface area contributed by atoms with Crippen LogP contribution in [-0.4, -0.2) is 25.7 Å². The van der Waals surface area contributed by atoms with Crippen LogP contribution in [0.25, 0.3) is 5.65 Å². The van der Waals surface area contributed by atoms with Crippen LogP contribution in [0.1, 0.15) is 28.9 Å². The van der Waals surface area contributed by atoms with Crippen molar-refractivity contribution >= 4 is 17.4 Å². The summed E-state index contributed by atoms with van der Waals surface area (Å²) in [5, 5.41) is 18.9. The van der Waals surface area contributed by atoms with Crippen molar-refractivity contribution < 1.29 is 9.18 Å². The van der Waals surface area contributed by atoms with Crippen molar-refractivity contribution in [2.75, 3.05) is 5.32 Å². The summed E-state index contributed by atoms with van der Waals surface area (Å²) in [4.78, 5) is 12.2. The van der Waals surface area contributed by atoms with Gasteiger partial charge in [0.25, 0.3) is 0 Å². The van der Waals surface area contributed by atoms with Gasteiger partial charge in [0.05, 0.1) is 0 Å².